The largest absolute Gasteiger partial charge is 0.497 e. The molecule has 0 spiro atoms. The molecule has 0 aromatic heterocycles. The van der Waals surface area contributed by atoms with Crippen LogP contribution in [0, 0.1) is 0 Å². The van der Waals surface area contributed by atoms with E-state index in [9.17, 15) is 4.79 Å². The molecule has 0 unspecified atom stereocenters. The molecular formula is C13H16N2O2. The second-order valence-electron chi connectivity index (χ2n) is 4.60. The van der Waals surface area contributed by atoms with Gasteiger partial charge in [0.1, 0.15) is 17.1 Å². The lowest BCUT2D eigenvalue weighted by atomic mass is 10.1. The van der Waals surface area contributed by atoms with Crippen molar-refractivity contribution in [3.63, 3.8) is 0 Å². The molecule has 0 atom stereocenters. The van der Waals surface area contributed by atoms with Crippen molar-refractivity contribution in [3.05, 3.63) is 29.8 Å². The summed E-state index contributed by atoms with van der Waals surface area (Å²) in [5.41, 5.74) is 0.462. The lowest BCUT2D eigenvalue weighted by Crippen LogP contribution is -2.34. The number of methoxy groups -OCH3 is 1. The number of amidine groups is 1. The third kappa shape index (κ3) is 2.46. The van der Waals surface area contributed by atoms with Gasteiger partial charge in [0.05, 0.1) is 7.11 Å². The van der Waals surface area contributed by atoms with E-state index in [-0.39, 0.29) is 5.91 Å². The van der Waals surface area contributed by atoms with Crippen LogP contribution in [0.5, 0.6) is 5.75 Å². The molecular weight excluding hydrogens is 216 g/mol. The van der Waals surface area contributed by atoms with Gasteiger partial charge >= 0.3 is 0 Å². The van der Waals surface area contributed by atoms with Crippen LogP contribution in [0.25, 0.3) is 0 Å². The van der Waals surface area contributed by atoms with E-state index in [0.717, 1.165) is 17.1 Å². The minimum absolute atomic E-state index is 0.0407. The Hall–Kier alpha value is -1.84. The predicted octanol–water partition coefficient (Wildman–Crippen LogP) is 1.54. The molecule has 1 amide bonds. The quantitative estimate of drug-likeness (QED) is 0.859. The zero-order valence-corrected chi connectivity index (χ0v) is 10.3. The highest BCUT2D eigenvalue weighted by atomic mass is 16.5. The Bertz CT molecular complexity index is 461. The highest BCUT2D eigenvalue weighted by Gasteiger charge is 2.33. The van der Waals surface area contributed by atoms with Crippen molar-refractivity contribution in [2.45, 2.75) is 25.8 Å². The lowest BCUT2D eigenvalue weighted by Gasteiger charge is -2.07. The normalized spacial score (nSPS) is 17.6. The minimum atomic E-state index is -0.637. The maximum absolute atomic E-state index is 11.6. The molecule has 1 aromatic carbocycles. The molecule has 0 aliphatic carbocycles. The van der Waals surface area contributed by atoms with Gasteiger partial charge in [0.2, 0.25) is 0 Å². The first-order chi connectivity index (χ1) is 8.01. The fourth-order valence-electron chi connectivity index (χ4n) is 1.72. The van der Waals surface area contributed by atoms with Gasteiger partial charge in [0.25, 0.3) is 5.91 Å². The topological polar surface area (TPSA) is 50.7 Å². The zero-order chi connectivity index (χ0) is 12.5. The summed E-state index contributed by atoms with van der Waals surface area (Å²) in [6.45, 7) is 3.62. The maximum atomic E-state index is 11.6. The molecule has 0 radical (unpaired) electrons. The molecule has 90 valence electrons. The van der Waals surface area contributed by atoms with Gasteiger partial charge in [-0.1, -0.05) is 12.1 Å². The van der Waals surface area contributed by atoms with E-state index >= 15 is 0 Å². The molecule has 0 saturated heterocycles. The number of hydrogen-bond acceptors (Lipinski definition) is 3. The number of aliphatic imine (C=N–C) groups is 1. The van der Waals surface area contributed by atoms with Gasteiger partial charge in [-0.3, -0.25) is 9.79 Å². The molecule has 0 bridgehead atoms. The first kappa shape index (κ1) is 11.6. The number of carbonyl (C=O) groups excluding carboxylic acids is 1. The molecule has 1 N–H and O–H groups in total. The van der Waals surface area contributed by atoms with Crippen LogP contribution in [-0.4, -0.2) is 24.4 Å². The second-order valence-corrected chi connectivity index (χ2v) is 4.60. The fraction of sp³-hybridized carbons (Fsp3) is 0.385. The van der Waals surface area contributed by atoms with Crippen LogP contribution in [0.15, 0.2) is 29.3 Å². The minimum Gasteiger partial charge on any atom is -0.497 e. The third-order valence-corrected chi connectivity index (χ3v) is 2.76. The van der Waals surface area contributed by atoms with Crippen LogP contribution in [0.1, 0.15) is 19.4 Å². The Balaban J connectivity index is 2.09. The summed E-state index contributed by atoms with van der Waals surface area (Å²) in [7, 11) is 1.64. The van der Waals surface area contributed by atoms with Crippen LogP contribution < -0.4 is 10.1 Å². The van der Waals surface area contributed by atoms with Crippen molar-refractivity contribution in [2.24, 2.45) is 4.99 Å². The molecule has 17 heavy (non-hydrogen) atoms. The molecule has 0 saturated carbocycles. The first-order valence-electron chi connectivity index (χ1n) is 5.54. The summed E-state index contributed by atoms with van der Waals surface area (Å²) in [6, 6.07) is 7.74. The van der Waals surface area contributed by atoms with Crippen molar-refractivity contribution < 1.29 is 9.53 Å². The first-order valence-corrected chi connectivity index (χ1v) is 5.54. The van der Waals surface area contributed by atoms with Gasteiger partial charge < -0.3 is 10.1 Å². The summed E-state index contributed by atoms with van der Waals surface area (Å²) in [5.74, 6) is 1.51. The van der Waals surface area contributed by atoms with E-state index in [2.05, 4.69) is 10.3 Å². The third-order valence-electron chi connectivity index (χ3n) is 2.76. The molecule has 4 nitrogen and oxygen atoms in total. The molecule has 1 aliphatic rings. The van der Waals surface area contributed by atoms with Crippen molar-refractivity contribution in [2.75, 3.05) is 7.11 Å². The van der Waals surface area contributed by atoms with Gasteiger partial charge in [0, 0.05) is 6.42 Å². The summed E-state index contributed by atoms with van der Waals surface area (Å²) < 4.78 is 5.09. The fourth-order valence-corrected chi connectivity index (χ4v) is 1.72. The lowest BCUT2D eigenvalue weighted by molar-refractivity contribution is -0.122. The molecule has 0 fully saturated rings. The molecule has 1 aromatic rings. The Morgan fingerprint density at radius 2 is 1.94 bits per heavy atom. The number of carbonyl (C=O) groups is 1. The van der Waals surface area contributed by atoms with Gasteiger partial charge in [-0.05, 0) is 31.5 Å². The van der Waals surface area contributed by atoms with Crippen molar-refractivity contribution in [1.82, 2.24) is 5.32 Å². The highest BCUT2D eigenvalue weighted by molar-refractivity contribution is 6.08. The number of ether oxygens (including phenoxy) is 1. The second kappa shape index (κ2) is 4.20. The van der Waals surface area contributed by atoms with Crippen LogP contribution in [0.3, 0.4) is 0 Å². The van der Waals surface area contributed by atoms with Crippen LogP contribution >= 0.6 is 0 Å². The van der Waals surface area contributed by atoms with E-state index in [1.807, 2.05) is 38.1 Å². The summed E-state index contributed by atoms with van der Waals surface area (Å²) in [5, 5.41) is 2.80. The SMILES string of the molecule is COc1ccc(CC2=NC(C)(C)C(=O)N2)cc1. The maximum Gasteiger partial charge on any atom is 0.252 e. The van der Waals surface area contributed by atoms with Crippen molar-refractivity contribution in [3.8, 4) is 5.75 Å². The number of amides is 1. The zero-order valence-electron chi connectivity index (χ0n) is 10.3. The van der Waals surface area contributed by atoms with E-state index in [0.29, 0.717) is 6.42 Å². The average Bonchev–Trinajstić information content (AvgIpc) is 2.53. The highest BCUT2D eigenvalue weighted by Crippen LogP contribution is 2.17. The van der Waals surface area contributed by atoms with E-state index in [1.54, 1.807) is 7.11 Å². The molecule has 4 heteroatoms. The number of hydrogen-bond donors (Lipinski definition) is 1. The monoisotopic (exact) mass is 232 g/mol. The van der Waals surface area contributed by atoms with Gasteiger partial charge in [-0.25, -0.2) is 0 Å². The summed E-state index contributed by atoms with van der Waals surface area (Å²) in [6.07, 6.45) is 0.638. The average molecular weight is 232 g/mol. The van der Waals surface area contributed by atoms with E-state index < -0.39 is 5.54 Å². The van der Waals surface area contributed by atoms with E-state index in [4.69, 9.17) is 4.74 Å². The number of rotatable bonds is 3. The molecule has 1 aliphatic heterocycles. The van der Waals surface area contributed by atoms with Gasteiger partial charge in [-0.2, -0.15) is 0 Å². The summed E-state index contributed by atoms with van der Waals surface area (Å²) in [4.78, 5) is 15.9. The van der Waals surface area contributed by atoms with Crippen molar-refractivity contribution >= 4 is 11.7 Å². The van der Waals surface area contributed by atoms with Crippen molar-refractivity contribution in [1.29, 1.82) is 0 Å². The van der Waals surface area contributed by atoms with E-state index in [1.165, 1.54) is 0 Å². The Morgan fingerprint density at radius 3 is 2.41 bits per heavy atom. The Labute approximate surface area is 101 Å². The standard InChI is InChI=1S/C13H16N2O2/c1-13(2)12(16)14-11(15-13)8-9-4-6-10(17-3)7-5-9/h4-7H,8H2,1-3H3,(H,14,15,16). The van der Waals surface area contributed by atoms with Gasteiger partial charge in [-0.15, -0.1) is 0 Å². The number of nitrogens with zero attached hydrogens (tertiary/aromatic N) is 1. The van der Waals surface area contributed by atoms with Crippen LogP contribution in [-0.2, 0) is 11.2 Å². The summed E-state index contributed by atoms with van der Waals surface area (Å²) >= 11 is 0. The van der Waals surface area contributed by atoms with Crippen LogP contribution in [0.4, 0.5) is 0 Å². The molecule has 1 heterocycles. The number of benzene rings is 1. The molecule has 2 rings (SSSR count). The Morgan fingerprint density at radius 1 is 1.29 bits per heavy atom. The van der Waals surface area contributed by atoms with Crippen LogP contribution in [0.2, 0.25) is 0 Å². The predicted molar refractivity (Wildman–Crippen MR) is 66.4 cm³/mol. The Kier molecular flexibility index (Phi) is 2.88. The van der Waals surface area contributed by atoms with Gasteiger partial charge in [0.15, 0.2) is 0 Å². The number of nitrogens with one attached hydrogen (secondary N) is 1. The smallest absolute Gasteiger partial charge is 0.252 e.